The van der Waals surface area contributed by atoms with E-state index in [1.54, 1.807) is 0 Å². The number of carbonyl (C=O) groups excluding carboxylic acids is 1. The summed E-state index contributed by atoms with van der Waals surface area (Å²) in [7, 11) is 0. The van der Waals surface area contributed by atoms with E-state index in [2.05, 4.69) is 45.2 Å². The Morgan fingerprint density at radius 1 is 1.04 bits per heavy atom. The quantitative estimate of drug-likeness (QED) is 0.847. The van der Waals surface area contributed by atoms with Gasteiger partial charge >= 0.3 is 0 Å². The van der Waals surface area contributed by atoms with Gasteiger partial charge in [0.15, 0.2) is 0 Å². The predicted octanol–water partition coefficient (Wildman–Crippen LogP) is 3.13. The molecule has 0 aromatic carbocycles. The molecule has 1 N–H and O–H groups in total. The normalized spacial score (nSPS) is 23.9. The molecule has 3 aliphatic rings. The van der Waals surface area contributed by atoms with Gasteiger partial charge in [0.2, 0.25) is 5.91 Å². The van der Waals surface area contributed by atoms with Gasteiger partial charge in [0, 0.05) is 43.3 Å². The third-order valence-corrected chi connectivity index (χ3v) is 7.01. The summed E-state index contributed by atoms with van der Waals surface area (Å²) >= 11 is 0. The van der Waals surface area contributed by atoms with Crippen LogP contribution in [0, 0.1) is 12.8 Å². The minimum atomic E-state index is 0.240. The number of piperidine rings is 2. The molecule has 1 saturated carbocycles. The molecule has 3 fully saturated rings. The molecule has 0 bridgehead atoms. The zero-order valence-corrected chi connectivity index (χ0v) is 17.4. The smallest absolute Gasteiger partial charge is 0.223 e. The lowest BCUT2D eigenvalue weighted by atomic mass is 9.92. The van der Waals surface area contributed by atoms with E-state index < -0.39 is 0 Å². The molecule has 0 radical (unpaired) electrons. The molecule has 0 atom stereocenters. The SMILES string of the molecule is Cc1cccc(CN2CCC(N3CCC(C(=O)NC4CCCC4)CC3)CC2)n1. The number of rotatable bonds is 5. The van der Waals surface area contributed by atoms with Crippen LogP contribution in [0.25, 0.3) is 0 Å². The maximum atomic E-state index is 12.5. The number of likely N-dealkylation sites (tertiary alicyclic amines) is 2. The molecule has 4 rings (SSSR count). The van der Waals surface area contributed by atoms with E-state index in [1.165, 1.54) is 44.2 Å². The molecular formula is C23H36N4O. The number of nitrogens with one attached hydrogen (secondary N) is 1. The standard InChI is InChI=1S/C23H36N4O/c1-18-5-4-8-21(24-18)17-26-13-11-22(12-14-26)27-15-9-19(10-16-27)23(28)25-20-6-2-3-7-20/h4-5,8,19-20,22H,2-3,6-7,9-17H2,1H3,(H,25,28). The van der Waals surface area contributed by atoms with Crippen molar-refractivity contribution in [2.24, 2.45) is 5.92 Å². The van der Waals surface area contributed by atoms with Crippen molar-refractivity contribution in [3.8, 4) is 0 Å². The van der Waals surface area contributed by atoms with Crippen LogP contribution in [0.5, 0.6) is 0 Å². The van der Waals surface area contributed by atoms with Gasteiger partial charge in [-0.15, -0.1) is 0 Å². The van der Waals surface area contributed by atoms with Gasteiger partial charge in [-0.05, 0) is 70.7 Å². The van der Waals surface area contributed by atoms with Crippen LogP contribution >= 0.6 is 0 Å². The first kappa shape index (κ1) is 19.8. The molecule has 0 unspecified atom stereocenters. The van der Waals surface area contributed by atoms with Crippen molar-refractivity contribution < 1.29 is 4.79 Å². The Bertz CT molecular complexity index is 642. The van der Waals surface area contributed by atoms with Crippen LogP contribution in [0.1, 0.15) is 62.8 Å². The molecule has 1 aromatic rings. The Labute approximate surface area is 169 Å². The van der Waals surface area contributed by atoms with Crippen LogP contribution < -0.4 is 5.32 Å². The molecule has 5 heteroatoms. The third kappa shape index (κ3) is 5.12. The summed E-state index contributed by atoms with van der Waals surface area (Å²) in [6, 6.07) is 7.46. The fraction of sp³-hybridized carbons (Fsp3) is 0.739. The lowest BCUT2D eigenvalue weighted by Crippen LogP contribution is -2.49. The van der Waals surface area contributed by atoms with Crippen molar-refractivity contribution in [1.29, 1.82) is 0 Å². The number of pyridine rings is 1. The molecule has 1 aromatic heterocycles. The number of carbonyl (C=O) groups is 1. The molecule has 1 aliphatic carbocycles. The minimum absolute atomic E-state index is 0.240. The zero-order chi connectivity index (χ0) is 19.3. The summed E-state index contributed by atoms with van der Waals surface area (Å²) in [5.74, 6) is 0.566. The molecule has 154 valence electrons. The van der Waals surface area contributed by atoms with E-state index in [1.807, 2.05) is 0 Å². The highest BCUT2D eigenvalue weighted by atomic mass is 16.1. The van der Waals surface area contributed by atoms with Gasteiger partial charge in [0.1, 0.15) is 0 Å². The maximum Gasteiger partial charge on any atom is 0.223 e. The second kappa shape index (κ2) is 9.36. The van der Waals surface area contributed by atoms with Crippen LogP contribution in [-0.4, -0.2) is 59.0 Å². The van der Waals surface area contributed by atoms with Gasteiger partial charge < -0.3 is 10.2 Å². The maximum absolute atomic E-state index is 12.5. The third-order valence-electron chi connectivity index (χ3n) is 7.01. The van der Waals surface area contributed by atoms with E-state index in [-0.39, 0.29) is 5.92 Å². The summed E-state index contributed by atoms with van der Waals surface area (Å²) < 4.78 is 0. The van der Waals surface area contributed by atoms with Crippen LogP contribution in [0.3, 0.4) is 0 Å². The Morgan fingerprint density at radius 2 is 1.75 bits per heavy atom. The molecule has 28 heavy (non-hydrogen) atoms. The van der Waals surface area contributed by atoms with Gasteiger partial charge in [0.25, 0.3) is 0 Å². The first-order chi connectivity index (χ1) is 13.7. The Hall–Kier alpha value is -1.46. The number of aryl methyl sites for hydroxylation is 1. The highest BCUT2D eigenvalue weighted by Crippen LogP contribution is 2.25. The average Bonchev–Trinajstić information content (AvgIpc) is 3.22. The molecule has 0 spiro atoms. The average molecular weight is 385 g/mol. The molecule has 2 saturated heterocycles. The van der Waals surface area contributed by atoms with Crippen molar-refractivity contribution in [3.63, 3.8) is 0 Å². The van der Waals surface area contributed by atoms with Crippen molar-refractivity contribution in [2.75, 3.05) is 26.2 Å². The fourth-order valence-electron chi connectivity index (χ4n) is 5.28. The monoisotopic (exact) mass is 384 g/mol. The van der Waals surface area contributed by atoms with Crippen molar-refractivity contribution >= 4 is 5.91 Å². The lowest BCUT2D eigenvalue weighted by molar-refractivity contribution is -0.127. The van der Waals surface area contributed by atoms with Crippen molar-refractivity contribution in [2.45, 2.75) is 76.9 Å². The highest BCUT2D eigenvalue weighted by Gasteiger charge is 2.31. The lowest BCUT2D eigenvalue weighted by Gasteiger charge is -2.41. The van der Waals surface area contributed by atoms with Crippen LogP contribution in [0.15, 0.2) is 18.2 Å². The summed E-state index contributed by atoms with van der Waals surface area (Å²) in [6.45, 7) is 7.52. The topological polar surface area (TPSA) is 48.5 Å². The Balaban J connectivity index is 1.18. The summed E-state index contributed by atoms with van der Waals surface area (Å²) in [6.07, 6.45) is 9.47. The molecular weight excluding hydrogens is 348 g/mol. The van der Waals surface area contributed by atoms with Crippen molar-refractivity contribution in [1.82, 2.24) is 20.1 Å². The second-order valence-electron chi connectivity index (χ2n) is 9.08. The Morgan fingerprint density at radius 3 is 2.43 bits per heavy atom. The van der Waals surface area contributed by atoms with E-state index in [9.17, 15) is 4.79 Å². The summed E-state index contributed by atoms with van der Waals surface area (Å²) in [5.41, 5.74) is 2.29. The largest absolute Gasteiger partial charge is 0.353 e. The zero-order valence-electron chi connectivity index (χ0n) is 17.4. The number of hydrogen-bond donors (Lipinski definition) is 1. The van der Waals surface area contributed by atoms with Crippen LogP contribution in [0.2, 0.25) is 0 Å². The van der Waals surface area contributed by atoms with Crippen LogP contribution in [0.4, 0.5) is 0 Å². The van der Waals surface area contributed by atoms with E-state index in [0.717, 1.165) is 51.3 Å². The van der Waals surface area contributed by atoms with Gasteiger partial charge in [-0.2, -0.15) is 0 Å². The summed E-state index contributed by atoms with van der Waals surface area (Å²) in [5, 5.41) is 3.31. The second-order valence-corrected chi connectivity index (χ2v) is 9.08. The van der Waals surface area contributed by atoms with Gasteiger partial charge in [-0.3, -0.25) is 14.7 Å². The molecule has 1 amide bonds. The summed E-state index contributed by atoms with van der Waals surface area (Å²) in [4.78, 5) is 22.4. The Kier molecular flexibility index (Phi) is 6.63. The first-order valence-electron chi connectivity index (χ1n) is 11.4. The first-order valence-corrected chi connectivity index (χ1v) is 11.4. The molecule has 5 nitrogen and oxygen atoms in total. The van der Waals surface area contributed by atoms with Crippen LogP contribution in [-0.2, 0) is 11.3 Å². The van der Waals surface area contributed by atoms with Gasteiger partial charge in [-0.25, -0.2) is 0 Å². The number of nitrogens with zero attached hydrogens (tertiary/aromatic N) is 3. The fourth-order valence-corrected chi connectivity index (χ4v) is 5.28. The highest BCUT2D eigenvalue weighted by molar-refractivity contribution is 5.79. The van der Waals surface area contributed by atoms with E-state index >= 15 is 0 Å². The predicted molar refractivity (Wildman–Crippen MR) is 112 cm³/mol. The minimum Gasteiger partial charge on any atom is -0.353 e. The number of amides is 1. The van der Waals surface area contributed by atoms with Gasteiger partial charge in [0.05, 0.1) is 5.69 Å². The number of aromatic nitrogens is 1. The van der Waals surface area contributed by atoms with E-state index in [0.29, 0.717) is 18.0 Å². The molecule has 2 aliphatic heterocycles. The van der Waals surface area contributed by atoms with Crippen molar-refractivity contribution in [3.05, 3.63) is 29.6 Å². The van der Waals surface area contributed by atoms with Gasteiger partial charge in [-0.1, -0.05) is 18.9 Å². The van der Waals surface area contributed by atoms with E-state index in [4.69, 9.17) is 0 Å². The number of hydrogen-bond acceptors (Lipinski definition) is 4. The molecule has 3 heterocycles.